The Morgan fingerprint density at radius 3 is 2.94 bits per heavy atom. The van der Waals surface area contributed by atoms with Gasteiger partial charge in [-0.1, -0.05) is 6.07 Å². The maximum atomic E-state index is 10.9. The molecule has 0 aromatic heterocycles. The first-order valence-electron chi connectivity index (χ1n) is 5.90. The number of rotatable bonds is 2. The number of hydrogen-bond donors (Lipinski definition) is 2. The van der Waals surface area contributed by atoms with Crippen molar-refractivity contribution in [3.63, 3.8) is 0 Å². The summed E-state index contributed by atoms with van der Waals surface area (Å²) in [6.07, 6.45) is 0.959. The standard InChI is InChI=1S/C13H18N2O2/c1-9-6-10(2)13-11(7-9)15(8-12(16)17)5-3-4-14-13/h6-7,14H,3-5,8H2,1-2H3,(H,16,17). The van der Waals surface area contributed by atoms with Gasteiger partial charge in [-0.15, -0.1) is 0 Å². The van der Waals surface area contributed by atoms with Crippen LogP contribution in [-0.4, -0.2) is 30.7 Å². The molecule has 0 radical (unpaired) electrons. The predicted molar refractivity (Wildman–Crippen MR) is 68.9 cm³/mol. The molecule has 0 amide bonds. The Kier molecular flexibility index (Phi) is 3.22. The molecule has 1 aliphatic heterocycles. The monoisotopic (exact) mass is 234 g/mol. The quantitative estimate of drug-likeness (QED) is 0.822. The molecule has 1 aliphatic rings. The molecule has 0 saturated carbocycles. The molecule has 4 heteroatoms. The highest BCUT2D eigenvalue weighted by molar-refractivity contribution is 5.80. The first-order chi connectivity index (χ1) is 8.08. The zero-order valence-corrected chi connectivity index (χ0v) is 10.3. The molecule has 2 rings (SSSR count). The fourth-order valence-electron chi connectivity index (χ4n) is 2.36. The van der Waals surface area contributed by atoms with E-state index >= 15 is 0 Å². The van der Waals surface area contributed by atoms with E-state index in [1.54, 1.807) is 0 Å². The smallest absolute Gasteiger partial charge is 0.323 e. The van der Waals surface area contributed by atoms with E-state index in [9.17, 15) is 4.79 Å². The molecule has 92 valence electrons. The second kappa shape index (κ2) is 4.65. The lowest BCUT2D eigenvalue weighted by Crippen LogP contribution is -2.30. The van der Waals surface area contributed by atoms with Crippen molar-refractivity contribution in [2.24, 2.45) is 0 Å². The van der Waals surface area contributed by atoms with Gasteiger partial charge >= 0.3 is 5.97 Å². The SMILES string of the molecule is Cc1cc(C)c2c(c1)N(CC(=O)O)CCCN2. The van der Waals surface area contributed by atoms with Crippen LogP contribution in [0.15, 0.2) is 12.1 Å². The summed E-state index contributed by atoms with van der Waals surface area (Å²) >= 11 is 0. The minimum Gasteiger partial charge on any atom is -0.480 e. The maximum absolute atomic E-state index is 10.9. The summed E-state index contributed by atoms with van der Waals surface area (Å²) in [7, 11) is 0. The van der Waals surface area contributed by atoms with E-state index in [1.165, 1.54) is 11.1 Å². The van der Waals surface area contributed by atoms with Crippen molar-refractivity contribution in [2.75, 3.05) is 29.9 Å². The van der Waals surface area contributed by atoms with Gasteiger partial charge in [-0.25, -0.2) is 0 Å². The Morgan fingerprint density at radius 1 is 1.47 bits per heavy atom. The number of fused-ring (bicyclic) bond motifs is 1. The molecular formula is C13H18N2O2. The second-order valence-electron chi connectivity index (χ2n) is 4.57. The van der Waals surface area contributed by atoms with E-state index in [4.69, 9.17) is 5.11 Å². The lowest BCUT2D eigenvalue weighted by atomic mass is 10.1. The van der Waals surface area contributed by atoms with Gasteiger partial charge in [0.05, 0.1) is 11.4 Å². The molecule has 0 bridgehead atoms. The number of carbonyl (C=O) groups is 1. The average Bonchev–Trinajstić information content (AvgIpc) is 2.41. The maximum Gasteiger partial charge on any atom is 0.323 e. The highest BCUT2D eigenvalue weighted by atomic mass is 16.4. The third kappa shape index (κ3) is 2.52. The number of anilines is 2. The summed E-state index contributed by atoms with van der Waals surface area (Å²) in [6, 6.07) is 4.18. The Morgan fingerprint density at radius 2 is 2.24 bits per heavy atom. The van der Waals surface area contributed by atoms with E-state index in [0.717, 1.165) is 30.9 Å². The van der Waals surface area contributed by atoms with Crippen LogP contribution in [0.2, 0.25) is 0 Å². The van der Waals surface area contributed by atoms with Crippen molar-refractivity contribution >= 4 is 17.3 Å². The zero-order chi connectivity index (χ0) is 12.4. The molecular weight excluding hydrogens is 216 g/mol. The molecule has 0 spiro atoms. The number of aryl methyl sites for hydroxylation is 2. The molecule has 1 aromatic carbocycles. The van der Waals surface area contributed by atoms with Crippen molar-refractivity contribution in [2.45, 2.75) is 20.3 Å². The molecule has 2 N–H and O–H groups in total. The third-order valence-corrected chi connectivity index (χ3v) is 3.03. The van der Waals surface area contributed by atoms with Gasteiger partial charge in [-0.05, 0) is 37.5 Å². The van der Waals surface area contributed by atoms with Gasteiger partial charge < -0.3 is 15.3 Å². The Balaban J connectivity index is 2.43. The van der Waals surface area contributed by atoms with E-state index in [-0.39, 0.29) is 6.54 Å². The van der Waals surface area contributed by atoms with Crippen molar-refractivity contribution in [1.82, 2.24) is 0 Å². The van der Waals surface area contributed by atoms with E-state index < -0.39 is 5.97 Å². The number of nitrogens with zero attached hydrogens (tertiary/aromatic N) is 1. The molecule has 0 atom stereocenters. The second-order valence-corrected chi connectivity index (χ2v) is 4.57. The topological polar surface area (TPSA) is 52.6 Å². The minimum atomic E-state index is -0.781. The van der Waals surface area contributed by atoms with Crippen LogP contribution >= 0.6 is 0 Å². The van der Waals surface area contributed by atoms with Gasteiger partial charge in [0.1, 0.15) is 6.54 Å². The summed E-state index contributed by atoms with van der Waals surface area (Å²) < 4.78 is 0. The van der Waals surface area contributed by atoms with Crippen LogP contribution < -0.4 is 10.2 Å². The zero-order valence-electron chi connectivity index (χ0n) is 10.3. The number of nitrogens with one attached hydrogen (secondary N) is 1. The fourth-order valence-corrected chi connectivity index (χ4v) is 2.36. The minimum absolute atomic E-state index is 0.0670. The summed E-state index contributed by atoms with van der Waals surface area (Å²) in [5.41, 5.74) is 4.44. The first-order valence-corrected chi connectivity index (χ1v) is 5.90. The molecule has 1 heterocycles. The Bertz CT molecular complexity index is 443. The fraction of sp³-hybridized carbons (Fsp3) is 0.462. The summed E-state index contributed by atoms with van der Waals surface area (Å²) in [5.74, 6) is -0.781. The van der Waals surface area contributed by atoms with Crippen LogP contribution in [0.25, 0.3) is 0 Å². The van der Waals surface area contributed by atoms with Crippen LogP contribution in [0.4, 0.5) is 11.4 Å². The molecule has 0 saturated heterocycles. The number of benzene rings is 1. The highest BCUT2D eigenvalue weighted by Crippen LogP contribution is 2.32. The van der Waals surface area contributed by atoms with E-state index in [2.05, 4.69) is 24.4 Å². The van der Waals surface area contributed by atoms with Crippen LogP contribution in [-0.2, 0) is 4.79 Å². The van der Waals surface area contributed by atoms with Gasteiger partial charge in [-0.2, -0.15) is 0 Å². The van der Waals surface area contributed by atoms with E-state index in [0.29, 0.717) is 0 Å². The summed E-state index contributed by atoms with van der Waals surface area (Å²) in [4.78, 5) is 12.8. The predicted octanol–water partition coefficient (Wildman–Crippen LogP) is 2.01. The lowest BCUT2D eigenvalue weighted by Gasteiger charge is -2.23. The summed E-state index contributed by atoms with van der Waals surface area (Å²) in [6.45, 7) is 5.85. The third-order valence-electron chi connectivity index (χ3n) is 3.03. The van der Waals surface area contributed by atoms with E-state index in [1.807, 2.05) is 11.8 Å². The van der Waals surface area contributed by atoms with Crippen LogP contribution in [0, 0.1) is 13.8 Å². The Hall–Kier alpha value is -1.71. The van der Waals surface area contributed by atoms with Crippen molar-refractivity contribution in [3.8, 4) is 0 Å². The molecule has 1 aromatic rings. The number of hydrogen-bond acceptors (Lipinski definition) is 3. The van der Waals surface area contributed by atoms with Gasteiger partial charge in [-0.3, -0.25) is 4.79 Å². The molecule has 4 nitrogen and oxygen atoms in total. The van der Waals surface area contributed by atoms with Crippen LogP contribution in [0.1, 0.15) is 17.5 Å². The molecule has 0 fully saturated rings. The van der Waals surface area contributed by atoms with Gasteiger partial charge in [0.25, 0.3) is 0 Å². The molecule has 0 aliphatic carbocycles. The molecule has 0 unspecified atom stereocenters. The lowest BCUT2D eigenvalue weighted by molar-refractivity contribution is -0.135. The van der Waals surface area contributed by atoms with Gasteiger partial charge in [0, 0.05) is 13.1 Å². The van der Waals surface area contributed by atoms with Crippen molar-refractivity contribution in [1.29, 1.82) is 0 Å². The van der Waals surface area contributed by atoms with Gasteiger partial charge in [0.2, 0.25) is 0 Å². The largest absolute Gasteiger partial charge is 0.480 e. The van der Waals surface area contributed by atoms with Crippen molar-refractivity contribution in [3.05, 3.63) is 23.3 Å². The first kappa shape index (κ1) is 11.8. The number of carboxylic acid groups (broad SMARTS) is 1. The normalized spacial score (nSPS) is 14.8. The van der Waals surface area contributed by atoms with Crippen LogP contribution in [0.5, 0.6) is 0 Å². The average molecular weight is 234 g/mol. The summed E-state index contributed by atoms with van der Waals surface area (Å²) in [5, 5.41) is 12.3. The number of carboxylic acids is 1. The van der Waals surface area contributed by atoms with Crippen LogP contribution in [0.3, 0.4) is 0 Å². The molecule has 17 heavy (non-hydrogen) atoms. The highest BCUT2D eigenvalue weighted by Gasteiger charge is 2.18. The van der Waals surface area contributed by atoms with Gasteiger partial charge in [0.15, 0.2) is 0 Å². The Labute approximate surface area is 101 Å². The number of aliphatic carboxylic acids is 1. The van der Waals surface area contributed by atoms with Crippen molar-refractivity contribution < 1.29 is 9.90 Å².